The maximum atomic E-state index is 12.9. The first kappa shape index (κ1) is 16.9. The molecule has 1 aromatic carbocycles. The average Bonchev–Trinajstić information content (AvgIpc) is 3.02. The van der Waals surface area contributed by atoms with Crippen molar-refractivity contribution in [2.24, 2.45) is 0 Å². The fourth-order valence-electron chi connectivity index (χ4n) is 2.82. The summed E-state index contributed by atoms with van der Waals surface area (Å²) in [6.07, 6.45) is 1.54. The van der Waals surface area contributed by atoms with Crippen LogP contribution in [0.15, 0.2) is 23.1 Å². The third-order valence-corrected chi connectivity index (χ3v) is 6.39. The van der Waals surface area contributed by atoms with E-state index < -0.39 is 10.0 Å². The van der Waals surface area contributed by atoms with Crippen LogP contribution in [0.3, 0.4) is 0 Å². The van der Waals surface area contributed by atoms with E-state index in [9.17, 15) is 8.42 Å². The Labute approximate surface area is 145 Å². The van der Waals surface area contributed by atoms with Gasteiger partial charge in [-0.15, -0.1) is 0 Å². The van der Waals surface area contributed by atoms with E-state index in [1.807, 2.05) is 6.07 Å². The van der Waals surface area contributed by atoms with Gasteiger partial charge in [-0.3, -0.25) is 5.10 Å². The van der Waals surface area contributed by atoms with Crippen LogP contribution in [0.5, 0.6) is 0 Å². The fraction of sp³-hybridized carbons (Fsp3) is 0.400. The molecule has 1 unspecified atom stereocenters. The number of sulfonamides is 1. The van der Waals surface area contributed by atoms with E-state index in [-0.39, 0.29) is 21.4 Å². The monoisotopic (exact) mass is 365 g/mol. The van der Waals surface area contributed by atoms with Gasteiger partial charge < -0.3 is 0 Å². The maximum absolute atomic E-state index is 12.9. The lowest BCUT2D eigenvalue weighted by atomic mass is 9.99. The van der Waals surface area contributed by atoms with E-state index in [0.29, 0.717) is 31.2 Å². The third kappa shape index (κ3) is 3.15. The molecule has 0 bridgehead atoms. The van der Waals surface area contributed by atoms with Crippen molar-refractivity contribution in [2.75, 3.05) is 13.1 Å². The highest BCUT2D eigenvalue weighted by atomic mass is 35.5. The molecule has 24 heavy (non-hydrogen) atoms. The SMILES string of the molecule is Cc1nc(C2CCCN(S(=O)(=O)c3cc(C#N)ccc3Cl)C2)n[nH]1. The number of aromatic amines is 1. The number of hydrogen-bond acceptors (Lipinski definition) is 5. The van der Waals surface area contributed by atoms with E-state index in [1.54, 1.807) is 6.92 Å². The summed E-state index contributed by atoms with van der Waals surface area (Å²) in [7, 11) is -3.77. The molecule has 1 aromatic heterocycles. The summed E-state index contributed by atoms with van der Waals surface area (Å²) in [6.45, 7) is 2.52. The normalized spacial score (nSPS) is 19.1. The Morgan fingerprint density at radius 1 is 1.46 bits per heavy atom. The number of nitrogens with one attached hydrogen (secondary N) is 1. The molecule has 9 heteroatoms. The zero-order chi connectivity index (χ0) is 17.3. The second kappa shape index (κ2) is 6.51. The molecule has 2 aromatic rings. The molecule has 1 atom stereocenters. The molecule has 3 rings (SSSR count). The topological polar surface area (TPSA) is 103 Å². The van der Waals surface area contributed by atoms with Gasteiger partial charge in [-0.1, -0.05) is 11.6 Å². The second-order valence-corrected chi connectivity index (χ2v) is 8.05. The van der Waals surface area contributed by atoms with E-state index in [0.717, 1.165) is 6.42 Å². The molecule has 0 amide bonds. The number of hydrogen-bond donors (Lipinski definition) is 1. The molecule has 1 saturated heterocycles. The van der Waals surface area contributed by atoms with Crippen molar-refractivity contribution in [3.8, 4) is 6.07 Å². The molecule has 1 fully saturated rings. The Kier molecular flexibility index (Phi) is 4.58. The van der Waals surface area contributed by atoms with Gasteiger partial charge in [0, 0.05) is 19.0 Å². The Hall–Kier alpha value is -1.95. The molecule has 0 spiro atoms. The van der Waals surface area contributed by atoms with Crippen LogP contribution >= 0.6 is 11.6 Å². The minimum atomic E-state index is -3.77. The summed E-state index contributed by atoms with van der Waals surface area (Å²) in [4.78, 5) is 4.28. The lowest BCUT2D eigenvalue weighted by Gasteiger charge is -2.30. The molecule has 0 saturated carbocycles. The van der Waals surface area contributed by atoms with Crippen molar-refractivity contribution in [3.63, 3.8) is 0 Å². The highest BCUT2D eigenvalue weighted by Gasteiger charge is 2.33. The summed E-state index contributed by atoms with van der Waals surface area (Å²) in [5, 5.41) is 16.1. The molecule has 1 N–H and O–H groups in total. The summed E-state index contributed by atoms with van der Waals surface area (Å²) in [5.41, 5.74) is 0.260. The Balaban J connectivity index is 1.91. The van der Waals surface area contributed by atoms with Crippen molar-refractivity contribution in [2.45, 2.75) is 30.6 Å². The van der Waals surface area contributed by atoms with Crippen LogP contribution in [-0.2, 0) is 10.0 Å². The number of H-pyrrole nitrogens is 1. The number of nitriles is 1. The molecule has 0 radical (unpaired) electrons. The Morgan fingerprint density at radius 2 is 2.25 bits per heavy atom. The first-order valence-corrected chi connectivity index (χ1v) is 9.32. The number of halogens is 1. The highest BCUT2D eigenvalue weighted by Crippen LogP contribution is 2.31. The van der Waals surface area contributed by atoms with Gasteiger partial charge in [-0.2, -0.15) is 14.7 Å². The standard InChI is InChI=1S/C15H16ClN5O2S/c1-10-18-15(20-19-10)12-3-2-6-21(9-12)24(22,23)14-7-11(8-17)4-5-13(14)16/h4-5,7,12H,2-3,6,9H2,1H3,(H,18,19,20). The van der Waals surface area contributed by atoms with E-state index in [2.05, 4.69) is 15.2 Å². The minimum Gasteiger partial charge on any atom is -0.263 e. The van der Waals surface area contributed by atoms with Crippen LogP contribution in [-0.4, -0.2) is 41.0 Å². The highest BCUT2D eigenvalue weighted by molar-refractivity contribution is 7.89. The summed E-state index contributed by atoms with van der Waals surface area (Å²) in [5.74, 6) is 1.27. The molecule has 1 aliphatic rings. The fourth-order valence-corrected chi connectivity index (χ4v) is 4.85. The smallest absolute Gasteiger partial charge is 0.244 e. The summed E-state index contributed by atoms with van der Waals surface area (Å²) >= 11 is 6.07. The number of benzene rings is 1. The molecule has 1 aliphatic heterocycles. The molecule has 126 valence electrons. The first-order valence-electron chi connectivity index (χ1n) is 7.50. The Morgan fingerprint density at radius 3 is 2.92 bits per heavy atom. The van der Waals surface area contributed by atoms with Crippen molar-refractivity contribution in [3.05, 3.63) is 40.4 Å². The zero-order valence-electron chi connectivity index (χ0n) is 13.0. The number of nitrogens with zero attached hydrogens (tertiary/aromatic N) is 4. The van der Waals surface area contributed by atoms with Gasteiger partial charge in [0.25, 0.3) is 0 Å². The molecular formula is C15H16ClN5O2S. The lowest BCUT2D eigenvalue weighted by Crippen LogP contribution is -2.39. The lowest BCUT2D eigenvalue weighted by molar-refractivity contribution is 0.309. The van der Waals surface area contributed by atoms with Gasteiger partial charge in [0.05, 0.1) is 16.7 Å². The minimum absolute atomic E-state index is 0.0324. The van der Waals surface area contributed by atoms with Gasteiger partial charge >= 0.3 is 0 Å². The van der Waals surface area contributed by atoms with E-state index >= 15 is 0 Å². The van der Waals surface area contributed by atoms with Crippen LogP contribution in [0.2, 0.25) is 5.02 Å². The van der Waals surface area contributed by atoms with E-state index in [4.69, 9.17) is 16.9 Å². The third-order valence-electron chi connectivity index (χ3n) is 4.04. The number of piperidine rings is 1. The van der Waals surface area contributed by atoms with Gasteiger partial charge in [-0.05, 0) is 38.0 Å². The van der Waals surface area contributed by atoms with Gasteiger partial charge in [0.15, 0.2) is 5.82 Å². The quantitative estimate of drug-likeness (QED) is 0.898. The summed E-state index contributed by atoms with van der Waals surface area (Å²) in [6, 6.07) is 6.19. The number of aryl methyl sites for hydroxylation is 1. The van der Waals surface area contributed by atoms with Crippen LogP contribution in [0.1, 0.15) is 36.0 Å². The van der Waals surface area contributed by atoms with Crippen molar-refractivity contribution in [1.82, 2.24) is 19.5 Å². The molecular weight excluding hydrogens is 350 g/mol. The maximum Gasteiger partial charge on any atom is 0.244 e. The molecule has 0 aliphatic carbocycles. The summed E-state index contributed by atoms with van der Waals surface area (Å²) < 4.78 is 27.3. The number of aromatic nitrogens is 3. The van der Waals surface area contributed by atoms with Gasteiger partial charge in [0.1, 0.15) is 10.7 Å². The average molecular weight is 366 g/mol. The van der Waals surface area contributed by atoms with Gasteiger partial charge in [0.2, 0.25) is 10.0 Å². The van der Waals surface area contributed by atoms with Crippen LogP contribution in [0, 0.1) is 18.3 Å². The largest absolute Gasteiger partial charge is 0.263 e. The number of rotatable bonds is 3. The predicted octanol–water partition coefficient (Wildman–Crippen LogP) is 2.21. The van der Waals surface area contributed by atoms with Crippen molar-refractivity contribution in [1.29, 1.82) is 5.26 Å². The molecule has 7 nitrogen and oxygen atoms in total. The first-order chi connectivity index (χ1) is 11.4. The van der Waals surface area contributed by atoms with E-state index in [1.165, 1.54) is 22.5 Å². The van der Waals surface area contributed by atoms with Crippen molar-refractivity contribution < 1.29 is 8.42 Å². The van der Waals surface area contributed by atoms with Crippen molar-refractivity contribution >= 4 is 21.6 Å². The van der Waals surface area contributed by atoms with Gasteiger partial charge in [-0.25, -0.2) is 13.4 Å². The van der Waals surface area contributed by atoms with Crippen LogP contribution in [0.25, 0.3) is 0 Å². The molecule has 2 heterocycles. The zero-order valence-corrected chi connectivity index (χ0v) is 14.6. The van der Waals surface area contributed by atoms with Crippen LogP contribution in [0.4, 0.5) is 0 Å². The second-order valence-electron chi connectivity index (χ2n) is 5.74. The Bertz CT molecular complexity index is 903. The van der Waals surface area contributed by atoms with Crippen LogP contribution < -0.4 is 0 Å². The predicted molar refractivity (Wildman–Crippen MR) is 88.0 cm³/mol.